The summed E-state index contributed by atoms with van der Waals surface area (Å²) in [7, 11) is 0. The van der Waals surface area contributed by atoms with Gasteiger partial charge in [-0.25, -0.2) is 4.79 Å². The molecule has 506 valence electrons. The molecule has 6 aliphatic rings. The third-order valence-corrected chi connectivity index (χ3v) is 17.9. The van der Waals surface area contributed by atoms with Gasteiger partial charge in [-0.15, -0.1) is 0 Å². The summed E-state index contributed by atoms with van der Waals surface area (Å²) in [6.45, 7) is 5.05. The van der Waals surface area contributed by atoms with Gasteiger partial charge < -0.3 is 92.7 Å². The zero-order valence-corrected chi connectivity index (χ0v) is 53.5. The second-order valence-corrected chi connectivity index (χ2v) is 24.9. The van der Waals surface area contributed by atoms with Crippen molar-refractivity contribution in [2.45, 2.75) is 114 Å². The summed E-state index contributed by atoms with van der Waals surface area (Å²) in [5, 5.41) is 109. The molecule has 28 heteroatoms. The molecule has 16 N–H and O–H groups in total. The minimum absolute atomic E-state index is 0.0847. The van der Waals surface area contributed by atoms with E-state index in [9.17, 15) is 50.4 Å². The van der Waals surface area contributed by atoms with E-state index in [2.05, 4.69) is 31.9 Å². The molecule has 0 saturated carbocycles. The largest absolute Gasteiger partial charge is 0.508 e. The number of rotatable bonds is 11. The number of benzene rings is 7. The summed E-state index contributed by atoms with van der Waals surface area (Å²) < 4.78 is 18.6. The highest BCUT2D eigenvalue weighted by molar-refractivity contribution is 6.32. The molecule has 97 heavy (non-hydrogen) atoms. The standard InChI is InChI=1S/C69H68Cl2N8O18/c1-3-5-7-17-79(18-8-6-4-2)30-41-47(83)29-40-53(61(41)85)39-23-33(11-13-45(39)81)55-65(89)78-59(68(92)77-58(40)69(93)94)60(84)34-12-16-49(43(71)24-34)97-52-27-36-26-51(62(52)86)96-48-15-9-31(19-42(48)70)20-44-63(87)74-56(66(90)76-57(36)67(91)75-55)35-21-37(80)28-38(22-35)95-50-25-32(10-14-46(50)82)54(72)64(88)73-44/h9-16,19,21-29,44,54-60,80-86H,3-8,17-18,20,30,72H2,1-2H3,(H,73,88)(H,74,87)(H,75,91)(H,76,90)(H,77,92)(H,78,89)(H,93,94)/t44-,54+,55-,56-,57-,58-,59-,60?/m0/s1. The van der Waals surface area contributed by atoms with Gasteiger partial charge in [-0.1, -0.05) is 87.0 Å². The number of aliphatic hydroxyl groups is 1. The number of phenolic OH excluding ortho intramolecular Hbond substituents is 6. The van der Waals surface area contributed by atoms with E-state index in [4.69, 9.17) is 43.1 Å². The van der Waals surface area contributed by atoms with Crippen molar-refractivity contribution in [3.63, 3.8) is 0 Å². The van der Waals surface area contributed by atoms with Crippen molar-refractivity contribution >= 4 is 64.6 Å². The molecule has 0 aromatic heterocycles. The number of carboxylic acid groups (broad SMARTS) is 1. The quantitative estimate of drug-likeness (QED) is 0.0543. The Morgan fingerprint density at radius 3 is 1.75 bits per heavy atom. The minimum Gasteiger partial charge on any atom is -0.508 e. The van der Waals surface area contributed by atoms with E-state index in [1.165, 1.54) is 60.7 Å². The van der Waals surface area contributed by atoms with Gasteiger partial charge in [0.15, 0.2) is 29.0 Å². The fourth-order valence-corrected chi connectivity index (χ4v) is 12.6. The summed E-state index contributed by atoms with van der Waals surface area (Å²) in [5.41, 5.74) is 4.52. The Hall–Kier alpha value is -10.5. The lowest BCUT2D eigenvalue weighted by molar-refractivity contribution is -0.143. The van der Waals surface area contributed by atoms with Crippen LogP contribution in [0.15, 0.2) is 109 Å². The molecule has 7 aromatic carbocycles. The summed E-state index contributed by atoms with van der Waals surface area (Å²) in [5.74, 6) is -14.6. The Morgan fingerprint density at radius 2 is 1.11 bits per heavy atom. The maximum absolute atomic E-state index is 16.0. The van der Waals surface area contributed by atoms with Gasteiger partial charge in [-0.3, -0.25) is 33.7 Å². The van der Waals surface area contributed by atoms with Gasteiger partial charge in [0.1, 0.15) is 82.6 Å². The number of ether oxygens (including phenoxy) is 3. The Balaban J connectivity index is 1.13. The van der Waals surface area contributed by atoms with Gasteiger partial charge in [0.25, 0.3) is 0 Å². The van der Waals surface area contributed by atoms with Gasteiger partial charge in [0.05, 0.1) is 15.6 Å². The van der Waals surface area contributed by atoms with Crippen LogP contribution in [0, 0.1) is 0 Å². The van der Waals surface area contributed by atoms with Crippen LogP contribution in [0.25, 0.3) is 11.1 Å². The van der Waals surface area contributed by atoms with Crippen molar-refractivity contribution < 1.29 is 88.6 Å². The summed E-state index contributed by atoms with van der Waals surface area (Å²) >= 11 is 13.8. The first-order valence-corrected chi connectivity index (χ1v) is 31.9. The molecule has 13 rings (SSSR count). The molecule has 26 nitrogen and oxygen atoms in total. The fraction of sp³-hybridized carbons (Fsp3) is 0.290. The number of amides is 6. The molecule has 0 aliphatic carbocycles. The number of halogens is 2. The van der Waals surface area contributed by atoms with Crippen LogP contribution in [0.5, 0.6) is 69.0 Å². The second-order valence-electron chi connectivity index (χ2n) is 24.0. The topological polar surface area (TPSA) is 410 Å². The van der Waals surface area contributed by atoms with Crippen molar-refractivity contribution in [2.24, 2.45) is 5.73 Å². The van der Waals surface area contributed by atoms with Crippen LogP contribution in [0.3, 0.4) is 0 Å². The van der Waals surface area contributed by atoms with E-state index < -0.39 is 147 Å². The van der Waals surface area contributed by atoms with Crippen molar-refractivity contribution in [2.75, 3.05) is 13.1 Å². The predicted molar refractivity (Wildman–Crippen MR) is 349 cm³/mol. The third-order valence-electron chi connectivity index (χ3n) is 17.3. The molecule has 6 aliphatic heterocycles. The van der Waals surface area contributed by atoms with Gasteiger partial charge in [0.2, 0.25) is 41.2 Å². The molecule has 6 heterocycles. The van der Waals surface area contributed by atoms with Crippen LogP contribution in [-0.4, -0.2) is 112 Å². The van der Waals surface area contributed by atoms with E-state index in [1.807, 2.05) is 18.7 Å². The van der Waals surface area contributed by atoms with Crippen LogP contribution in [-0.2, 0) is 46.5 Å². The molecule has 0 fully saturated rings. The van der Waals surface area contributed by atoms with Crippen LogP contribution in [0.2, 0.25) is 10.0 Å². The van der Waals surface area contributed by atoms with Crippen molar-refractivity contribution in [3.05, 3.63) is 164 Å². The Labute approximate surface area is 563 Å². The third kappa shape index (κ3) is 14.4. The molecule has 1 unspecified atom stereocenters. The summed E-state index contributed by atoms with van der Waals surface area (Å²) in [4.78, 5) is 107. The molecular weight excluding hydrogens is 1300 g/mol. The van der Waals surface area contributed by atoms with Gasteiger partial charge in [0, 0.05) is 35.7 Å². The first-order valence-electron chi connectivity index (χ1n) is 31.2. The molecule has 17 bridgehead atoms. The number of carbonyl (C=O) groups is 7. The van der Waals surface area contributed by atoms with Gasteiger partial charge in [-0.05, 0) is 138 Å². The molecule has 7 aromatic rings. The molecule has 6 amide bonds. The molecule has 0 radical (unpaired) electrons. The number of phenols is 6. The average Bonchev–Trinajstić information content (AvgIpc) is 0.758. The monoisotopic (exact) mass is 1370 g/mol. The highest BCUT2D eigenvalue weighted by Gasteiger charge is 2.42. The number of hydrogen-bond donors (Lipinski definition) is 15. The number of unbranched alkanes of at least 4 members (excludes halogenated alkanes) is 4. The Kier molecular flexibility index (Phi) is 19.9. The van der Waals surface area contributed by atoms with Crippen molar-refractivity contribution in [3.8, 4) is 80.1 Å². The second kappa shape index (κ2) is 28.4. The number of fused-ring (bicyclic) bond motifs is 14. The minimum atomic E-state index is -2.21. The first kappa shape index (κ1) is 67.9. The zero-order valence-electron chi connectivity index (χ0n) is 52.0. The summed E-state index contributed by atoms with van der Waals surface area (Å²) in [6.07, 6.45) is 2.51. The predicted octanol–water partition coefficient (Wildman–Crippen LogP) is 8.17. The van der Waals surface area contributed by atoms with Gasteiger partial charge >= 0.3 is 5.97 Å². The van der Waals surface area contributed by atoms with Crippen LogP contribution in [0.4, 0.5) is 0 Å². The number of nitrogens with zero attached hydrogens (tertiary/aromatic N) is 1. The van der Waals surface area contributed by atoms with Crippen molar-refractivity contribution in [1.82, 2.24) is 36.8 Å². The van der Waals surface area contributed by atoms with E-state index >= 15 is 24.0 Å². The number of nitrogens with two attached hydrogens (primary N) is 1. The fourth-order valence-electron chi connectivity index (χ4n) is 12.1. The van der Waals surface area contributed by atoms with Crippen LogP contribution in [0.1, 0.15) is 133 Å². The van der Waals surface area contributed by atoms with E-state index in [0.29, 0.717) is 18.7 Å². The molecule has 8 atom stereocenters. The van der Waals surface area contributed by atoms with E-state index in [1.54, 1.807) is 0 Å². The normalized spacial score (nSPS) is 20.9. The number of carbonyl (C=O) groups excluding carboxylic acids is 6. The maximum Gasteiger partial charge on any atom is 0.330 e. The molecule has 0 spiro atoms. The maximum atomic E-state index is 16.0. The lowest BCUT2D eigenvalue weighted by Crippen LogP contribution is -2.55. The lowest BCUT2D eigenvalue weighted by Gasteiger charge is -2.31. The number of carboxylic acids is 1. The van der Waals surface area contributed by atoms with Crippen molar-refractivity contribution in [1.29, 1.82) is 0 Å². The van der Waals surface area contributed by atoms with E-state index in [0.717, 1.165) is 87.1 Å². The number of aliphatic carboxylic acids is 1. The lowest BCUT2D eigenvalue weighted by atomic mass is 9.88. The number of nitrogens with one attached hydrogen (secondary N) is 6. The zero-order chi connectivity index (χ0) is 69.3. The number of aliphatic hydroxyl groups excluding tert-OH is 1. The number of hydrogen-bond acceptors (Lipinski definition) is 19. The molecular formula is C69H68Cl2N8O18. The highest BCUT2D eigenvalue weighted by atomic mass is 35.5. The Morgan fingerprint density at radius 1 is 0.536 bits per heavy atom. The van der Waals surface area contributed by atoms with Crippen LogP contribution >= 0.6 is 23.2 Å². The van der Waals surface area contributed by atoms with Gasteiger partial charge in [-0.2, -0.15) is 0 Å². The Bertz CT molecular complexity index is 4320. The smallest absolute Gasteiger partial charge is 0.330 e. The average molecular weight is 1370 g/mol. The summed E-state index contributed by atoms with van der Waals surface area (Å²) in [6, 6.07) is 7.77. The first-order chi connectivity index (χ1) is 46.4. The number of aromatic hydroxyl groups is 6. The molecule has 0 saturated heterocycles. The SMILES string of the molecule is CCCCCN(CCCCC)Cc1c(O)cc2c(c1O)-c1cc(ccc1O)[C@@H]1NC(=O)[C@H]3NC(=O)[C@H]4NC(=O)[C@H](Cc5ccc(c(Cl)c5)Oc5cc3cc(c5O)Oc3ccc(cc3Cl)C(O)[C@H](NC1=O)C(=O)N[C@@H]2C(=O)O)NC(=O)[C@H](N)c1ccc(O)c(c1)Oc1cc(O)cc4c1. The van der Waals surface area contributed by atoms with Crippen LogP contribution < -0.4 is 51.8 Å². The highest BCUT2D eigenvalue weighted by Crippen LogP contribution is 2.49. The van der Waals surface area contributed by atoms with E-state index in [-0.39, 0.29) is 85.0 Å².